The first-order chi connectivity index (χ1) is 6.58. The van der Waals surface area contributed by atoms with Gasteiger partial charge in [0.15, 0.2) is 11.3 Å². The summed E-state index contributed by atoms with van der Waals surface area (Å²) in [5.74, 6) is -1.04. The standard InChI is InChI=1S/C8H6BrN3O2/c1-4-7-11-5(8(13)14)2-12(7)3-6(9)10-4/h2-3H,1H3,(H,13,14). The van der Waals surface area contributed by atoms with Crippen molar-refractivity contribution in [1.82, 2.24) is 14.4 Å². The Labute approximate surface area is 87.5 Å². The molecule has 0 saturated carbocycles. The van der Waals surface area contributed by atoms with E-state index in [4.69, 9.17) is 5.11 Å². The molecule has 72 valence electrons. The average molecular weight is 256 g/mol. The summed E-state index contributed by atoms with van der Waals surface area (Å²) in [5, 5.41) is 8.74. The van der Waals surface area contributed by atoms with Gasteiger partial charge in [0, 0.05) is 12.4 Å². The van der Waals surface area contributed by atoms with E-state index >= 15 is 0 Å². The molecule has 1 N–H and O–H groups in total. The van der Waals surface area contributed by atoms with Crippen LogP contribution in [0.15, 0.2) is 17.0 Å². The average Bonchev–Trinajstić information content (AvgIpc) is 2.47. The van der Waals surface area contributed by atoms with E-state index < -0.39 is 5.97 Å². The Hall–Kier alpha value is -1.43. The first-order valence-corrected chi connectivity index (χ1v) is 4.62. The normalized spacial score (nSPS) is 10.7. The van der Waals surface area contributed by atoms with Crippen LogP contribution < -0.4 is 0 Å². The van der Waals surface area contributed by atoms with E-state index in [-0.39, 0.29) is 5.69 Å². The van der Waals surface area contributed by atoms with Crippen LogP contribution in [0.25, 0.3) is 5.65 Å². The number of imidazole rings is 1. The molecule has 0 aromatic carbocycles. The van der Waals surface area contributed by atoms with Crippen LogP contribution in [-0.4, -0.2) is 25.4 Å². The van der Waals surface area contributed by atoms with Gasteiger partial charge < -0.3 is 9.51 Å². The molecule has 0 aliphatic rings. The van der Waals surface area contributed by atoms with Gasteiger partial charge in [-0.2, -0.15) is 0 Å². The summed E-state index contributed by atoms with van der Waals surface area (Å²) < 4.78 is 2.28. The summed E-state index contributed by atoms with van der Waals surface area (Å²) >= 11 is 3.22. The van der Waals surface area contributed by atoms with Crippen LogP contribution in [0.3, 0.4) is 0 Å². The molecule has 2 heterocycles. The molecule has 0 radical (unpaired) electrons. The molecule has 2 aromatic rings. The fraction of sp³-hybridized carbons (Fsp3) is 0.125. The summed E-state index contributed by atoms with van der Waals surface area (Å²) in [6.07, 6.45) is 3.12. The molecule has 0 aliphatic heterocycles. The van der Waals surface area contributed by atoms with Crippen LogP contribution in [0.4, 0.5) is 0 Å². The predicted octanol–water partition coefficient (Wildman–Crippen LogP) is 1.50. The number of aromatic carboxylic acids is 1. The third-order valence-electron chi connectivity index (χ3n) is 1.80. The van der Waals surface area contributed by atoms with Crippen molar-refractivity contribution in [2.75, 3.05) is 0 Å². The van der Waals surface area contributed by atoms with E-state index in [0.717, 1.165) is 0 Å². The van der Waals surface area contributed by atoms with Gasteiger partial charge in [0.2, 0.25) is 0 Å². The Balaban J connectivity index is 2.76. The van der Waals surface area contributed by atoms with Crippen LogP contribution in [-0.2, 0) is 0 Å². The number of hydrogen-bond acceptors (Lipinski definition) is 3. The van der Waals surface area contributed by atoms with E-state index in [0.29, 0.717) is 15.9 Å². The topological polar surface area (TPSA) is 67.5 Å². The molecule has 0 unspecified atom stereocenters. The van der Waals surface area contributed by atoms with Crippen molar-refractivity contribution in [3.63, 3.8) is 0 Å². The van der Waals surface area contributed by atoms with Crippen molar-refractivity contribution < 1.29 is 9.90 Å². The number of hydrogen-bond donors (Lipinski definition) is 1. The molecule has 0 aliphatic carbocycles. The van der Waals surface area contributed by atoms with Gasteiger partial charge in [0.25, 0.3) is 0 Å². The van der Waals surface area contributed by atoms with Gasteiger partial charge in [-0.15, -0.1) is 0 Å². The number of halogens is 1. The summed E-state index contributed by atoms with van der Waals surface area (Å²) in [6.45, 7) is 1.78. The van der Waals surface area contributed by atoms with Crippen molar-refractivity contribution in [3.8, 4) is 0 Å². The second kappa shape index (κ2) is 3.06. The number of carbonyl (C=O) groups is 1. The monoisotopic (exact) mass is 255 g/mol. The van der Waals surface area contributed by atoms with Crippen LogP contribution in [0, 0.1) is 6.92 Å². The molecule has 2 aromatic heterocycles. The minimum atomic E-state index is -1.04. The molecule has 5 nitrogen and oxygen atoms in total. The highest BCUT2D eigenvalue weighted by Gasteiger charge is 2.10. The van der Waals surface area contributed by atoms with Gasteiger partial charge in [0.05, 0.1) is 5.69 Å². The molecule has 0 atom stereocenters. The van der Waals surface area contributed by atoms with Crippen LogP contribution in [0.1, 0.15) is 16.2 Å². The molecule has 0 spiro atoms. The first-order valence-electron chi connectivity index (χ1n) is 3.83. The number of rotatable bonds is 1. The lowest BCUT2D eigenvalue weighted by atomic mass is 10.5. The van der Waals surface area contributed by atoms with Crippen molar-refractivity contribution in [1.29, 1.82) is 0 Å². The highest BCUT2D eigenvalue weighted by Crippen LogP contribution is 2.13. The molecular formula is C8H6BrN3O2. The second-order valence-electron chi connectivity index (χ2n) is 2.81. The second-order valence-corrected chi connectivity index (χ2v) is 3.62. The smallest absolute Gasteiger partial charge is 0.356 e. The maximum absolute atomic E-state index is 10.7. The van der Waals surface area contributed by atoms with E-state index in [2.05, 4.69) is 25.9 Å². The van der Waals surface area contributed by atoms with E-state index in [1.54, 1.807) is 17.5 Å². The summed E-state index contributed by atoms with van der Waals surface area (Å²) in [4.78, 5) is 18.7. The zero-order chi connectivity index (χ0) is 10.3. The number of carboxylic acids is 1. The summed E-state index contributed by atoms with van der Waals surface area (Å²) in [6, 6.07) is 0. The van der Waals surface area contributed by atoms with Crippen molar-refractivity contribution in [2.24, 2.45) is 0 Å². The van der Waals surface area contributed by atoms with Gasteiger partial charge in [-0.1, -0.05) is 0 Å². The fourth-order valence-corrected chi connectivity index (χ4v) is 1.70. The van der Waals surface area contributed by atoms with Gasteiger partial charge in [0.1, 0.15) is 4.60 Å². The zero-order valence-electron chi connectivity index (χ0n) is 7.23. The summed E-state index contributed by atoms with van der Waals surface area (Å²) in [7, 11) is 0. The SMILES string of the molecule is Cc1nc(Br)cn2cc(C(=O)O)nc12. The van der Waals surface area contributed by atoms with E-state index in [1.807, 2.05) is 0 Å². The molecule has 2 rings (SSSR count). The lowest BCUT2D eigenvalue weighted by Crippen LogP contribution is -1.95. The quantitative estimate of drug-likeness (QED) is 0.839. The Bertz CT molecular complexity index is 521. The number of aryl methyl sites for hydroxylation is 1. The third kappa shape index (κ3) is 1.37. The van der Waals surface area contributed by atoms with Crippen molar-refractivity contribution >= 4 is 27.5 Å². The number of carboxylic acid groups (broad SMARTS) is 1. The number of aromatic nitrogens is 3. The maximum Gasteiger partial charge on any atom is 0.356 e. The Morgan fingerprint density at radius 3 is 2.86 bits per heavy atom. The molecular weight excluding hydrogens is 250 g/mol. The molecule has 0 fully saturated rings. The lowest BCUT2D eigenvalue weighted by molar-refractivity contribution is 0.0691. The van der Waals surface area contributed by atoms with Crippen LogP contribution in [0.5, 0.6) is 0 Å². The lowest BCUT2D eigenvalue weighted by Gasteiger charge is -1.96. The Morgan fingerprint density at radius 2 is 2.21 bits per heavy atom. The molecule has 6 heteroatoms. The molecule has 0 bridgehead atoms. The van der Waals surface area contributed by atoms with Gasteiger partial charge in [-0.05, 0) is 22.9 Å². The van der Waals surface area contributed by atoms with Crippen LogP contribution >= 0.6 is 15.9 Å². The fourth-order valence-electron chi connectivity index (χ4n) is 1.22. The Kier molecular flexibility index (Phi) is 1.99. The zero-order valence-corrected chi connectivity index (χ0v) is 8.82. The largest absolute Gasteiger partial charge is 0.476 e. The number of nitrogens with zero attached hydrogens (tertiary/aromatic N) is 3. The van der Waals surface area contributed by atoms with Gasteiger partial charge >= 0.3 is 5.97 Å². The predicted molar refractivity (Wildman–Crippen MR) is 52.4 cm³/mol. The minimum absolute atomic E-state index is 0.0213. The summed E-state index contributed by atoms with van der Waals surface area (Å²) in [5.41, 5.74) is 1.27. The minimum Gasteiger partial charge on any atom is -0.476 e. The number of fused-ring (bicyclic) bond motifs is 1. The maximum atomic E-state index is 10.7. The molecule has 0 saturated heterocycles. The highest BCUT2D eigenvalue weighted by atomic mass is 79.9. The first kappa shape index (κ1) is 9.14. The molecule has 14 heavy (non-hydrogen) atoms. The van der Waals surface area contributed by atoms with Gasteiger partial charge in [-0.3, -0.25) is 0 Å². The highest BCUT2D eigenvalue weighted by molar-refractivity contribution is 9.10. The van der Waals surface area contributed by atoms with Crippen molar-refractivity contribution in [3.05, 3.63) is 28.4 Å². The van der Waals surface area contributed by atoms with Gasteiger partial charge in [-0.25, -0.2) is 14.8 Å². The van der Waals surface area contributed by atoms with Crippen molar-refractivity contribution in [2.45, 2.75) is 6.92 Å². The third-order valence-corrected chi connectivity index (χ3v) is 2.18. The molecule has 0 amide bonds. The van der Waals surface area contributed by atoms with Crippen LogP contribution in [0.2, 0.25) is 0 Å². The van der Waals surface area contributed by atoms with E-state index in [9.17, 15) is 4.79 Å². The Morgan fingerprint density at radius 1 is 1.50 bits per heavy atom. The van der Waals surface area contributed by atoms with E-state index in [1.165, 1.54) is 6.20 Å².